The van der Waals surface area contributed by atoms with Crippen LogP contribution in [0.4, 0.5) is 13.2 Å². The third-order valence-corrected chi connectivity index (χ3v) is 6.05. The Balaban J connectivity index is 2.25. The van der Waals surface area contributed by atoms with Crippen molar-refractivity contribution in [3.05, 3.63) is 35.4 Å². The van der Waals surface area contributed by atoms with Gasteiger partial charge >= 0.3 is 6.18 Å². The molecule has 1 heterocycles. The van der Waals surface area contributed by atoms with E-state index in [1.807, 2.05) is 18.3 Å². The zero-order valence-electron chi connectivity index (χ0n) is 11.2. The average Bonchev–Trinajstić information content (AvgIpc) is 2.68. The van der Waals surface area contributed by atoms with Gasteiger partial charge in [-0.15, -0.1) is 0 Å². The fourth-order valence-corrected chi connectivity index (χ4v) is 4.67. The van der Waals surface area contributed by atoms with E-state index in [9.17, 15) is 18.0 Å². The minimum absolute atomic E-state index is 0.0324. The molecule has 0 saturated carbocycles. The highest BCUT2D eigenvalue weighted by Crippen LogP contribution is 2.46. The molecule has 1 aromatic carbocycles. The first-order valence-corrected chi connectivity index (χ1v) is 9.66. The van der Waals surface area contributed by atoms with Crippen molar-refractivity contribution in [3.8, 4) is 0 Å². The van der Waals surface area contributed by atoms with Crippen molar-refractivity contribution in [2.24, 2.45) is 0 Å². The summed E-state index contributed by atoms with van der Waals surface area (Å²) in [4.78, 5) is 12.4. The Morgan fingerprint density at radius 2 is 1.85 bits per heavy atom. The zero-order valence-corrected chi connectivity index (χ0v) is 13.2. The van der Waals surface area contributed by atoms with Gasteiger partial charge in [-0.2, -0.15) is 13.2 Å². The molecular weight excluding hydrogens is 305 g/mol. The fraction of sp³-hybridized carbons (Fsp3) is 0.462. The normalized spacial score (nSPS) is 24.6. The second-order valence-corrected chi connectivity index (χ2v) is 8.41. The molecule has 0 aromatic heterocycles. The highest BCUT2D eigenvalue weighted by molar-refractivity contribution is 8.10. The molecule has 2 nitrogen and oxygen atoms in total. The van der Waals surface area contributed by atoms with Crippen LogP contribution < -0.4 is 0 Å². The van der Waals surface area contributed by atoms with Gasteiger partial charge in [0, 0.05) is 15.0 Å². The second-order valence-electron chi connectivity index (χ2n) is 4.98. The number of hydrogen-bond donors (Lipinski definition) is 0. The Bertz CT molecular complexity index is 503. The van der Waals surface area contributed by atoms with Crippen molar-refractivity contribution >= 4 is 22.6 Å². The first kappa shape index (κ1) is 15.7. The largest absolute Gasteiger partial charge is 0.416 e. The van der Waals surface area contributed by atoms with Gasteiger partial charge in [0.1, 0.15) is 0 Å². The molecule has 1 aliphatic heterocycles. The van der Waals surface area contributed by atoms with Crippen LogP contribution in [0.25, 0.3) is 0 Å². The number of benzene rings is 1. The number of halogens is 3. The highest BCUT2D eigenvalue weighted by Gasteiger charge is 2.44. The standard InChI is InChI=1S/C13H16F3NOP2/c1-12(7-8-17(11(12)18)20-19-2)9-3-5-10(6-4-9)13(14,15)16/h3-6,19-20H,7-8H2,1-2H3/t12-/m0/s1. The summed E-state index contributed by atoms with van der Waals surface area (Å²) < 4.78 is 39.5. The third kappa shape index (κ3) is 2.84. The zero-order chi connectivity index (χ0) is 15.0. The number of carbonyl (C=O) groups excluding carboxylic acids is 1. The first-order valence-electron chi connectivity index (χ1n) is 6.21. The quantitative estimate of drug-likeness (QED) is 0.770. The van der Waals surface area contributed by atoms with Crippen LogP contribution in [0.1, 0.15) is 24.5 Å². The van der Waals surface area contributed by atoms with E-state index in [0.29, 0.717) is 35.2 Å². The molecule has 20 heavy (non-hydrogen) atoms. The lowest BCUT2D eigenvalue weighted by molar-refractivity contribution is -0.137. The summed E-state index contributed by atoms with van der Waals surface area (Å²) in [6.45, 7) is 4.55. The molecule has 0 radical (unpaired) electrons. The molecule has 2 unspecified atom stereocenters. The minimum atomic E-state index is -4.34. The van der Waals surface area contributed by atoms with E-state index >= 15 is 0 Å². The van der Waals surface area contributed by atoms with Gasteiger partial charge < -0.3 is 4.67 Å². The molecule has 0 spiro atoms. The molecule has 1 amide bonds. The maximum atomic E-state index is 12.6. The molecule has 1 saturated heterocycles. The molecule has 2 rings (SSSR count). The Morgan fingerprint density at radius 1 is 1.25 bits per heavy atom. The van der Waals surface area contributed by atoms with Gasteiger partial charge in [-0.05, 0) is 37.7 Å². The number of amides is 1. The Morgan fingerprint density at radius 3 is 2.35 bits per heavy atom. The van der Waals surface area contributed by atoms with E-state index in [4.69, 9.17) is 0 Å². The first-order chi connectivity index (χ1) is 9.29. The number of hydrogen-bond acceptors (Lipinski definition) is 1. The Kier molecular flexibility index (Phi) is 4.41. The van der Waals surface area contributed by atoms with E-state index in [-0.39, 0.29) is 5.91 Å². The van der Waals surface area contributed by atoms with Crippen LogP contribution in [0.3, 0.4) is 0 Å². The summed E-state index contributed by atoms with van der Waals surface area (Å²) in [6.07, 6.45) is -3.68. The lowest BCUT2D eigenvalue weighted by atomic mass is 9.81. The number of carbonyl (C=O) groups is 1. The third-order valence-electron chi connectivity index (χ3n) is 3.65. The Labute approximate surface area is 119 Å². The van der Waals surface area contributed by atoms with Gasteiger partial charge in [0.05, 0.1) is 11.0 Å². The highest BCUT2D eigenvalue weighted by atomic mass is 32.0. The summed E-state index contributed by atoms with van der Waals surface area (Å²) in [5, 5.41) is 0. The monoisotopic (exact) mass is 321 g/mol. The van der Waals surface area contributed by atoms with Gasteiger partial charge in [-0.1, -0.05) is 20.4 Å². The fourth-order valence-electron chi connectivity index (χ4n) is 2.38. The molecular formula is C13H16F3NOP2. The maximum absolute atomic E-state index is 12.6. The Hall–Kier alpha value is -0.660. The summed E-state index contributed by atoms with van der Waals surface area (Å²) >= 11 is 0. The topological polar surface area (TPSA) is 20.3 Å². The molecule has 1 aromatic rings. The average molecular weight is 321 g/mol. The molecule has 0 bridgehead atoms. The number of nitrogens with zero attached hydrogens (tertiary/aromatic N) is 1. The van der Waals surface area contributed by atoms with E-state index in [1.165, 1.54) is 12.1 Å². The van der Waals surface area contributed by atoms with Gasteiger partial charge in [0.25, 0.3) is 0 Å². The number of alkyl halides is 3. The maximum Gasteiger partial charge on any atom is 0.416 e. The molecule has 0 N–H and O–H groups in total. The SMILES string of the molecule is CPPN1CC[C@@](C)(c2ccc(C(F)(F)F)cc2)C1=O. The summed E-state index contributed by atoms with van der Waals surface area (Å²) in [5.41, 5.74) is -0.692. The van der Waals surface area contributed by atoms with E-state index in [0.717, 1.165) is 12.1 Å². The second kappa shape index (κ2) is 5.61. The van der Waals surface area contributed by atoms with Crippen LogP contribution in [-0.4, -0.2) is 23.8 Å². The predicted octanol–water partition coefficient (Wildman–Crippen LogP) is 4.01. The lowest BCUT2D eigenvalue weighted by Crippen LogP contribution is -2.31. The van der Waals surface area contributed by atoms with Crippen LogP contribution in [0.2, 0.25) is 0 Å². The van der Waals surface area contributed by atoms with Gasteiger partial charge in [-0.25, -0.2) is 0 Å². The van der Waals surface area contributed by atoms with Crippen molar-refractivity contribution in [3.63, 3.8) is 0 Å². The van der Waals surface area contributed by atoms with Crippen LogP contribution in [0, 0.1) is 0 Å². The molecule has 7 heteroatoms. The van der Waals surface area contributed by atoms with Gasteiger partial charge in [0.2, 0.25) is 5.91 Å². The predicted molar refractivity (Wildman–Crippen MR) is 77.7 cm³/mol. The summed E-state index contributed by atoms with van der Waals surface area (Å²) in [6, 6.07) is 4.98. The molecule has 3 atom stereocenters. The minimum Gasteiger partial charge on any atom is -0.320 e. The van der Waals surface area contributed by atoms with Crippen LogP contribution in [0.15, 0.2) is 24.3 Å². The van der Waals surface area contributed by atoms with Crippen molar-refractivity contribution in [2.45, 2.75) is 24.9 Å². The van der Waals surface area contributed by atoms with E-state index in [1.54, 1.807) is 0 Å². The summed E-state index contributed by atoms with van der Waals surface area (Å²) in [7, 11) is 1.17. The van der Waals surface area contributed by atoms with Crippen LogP contribution in [-0.2, 0) is 16.4 Å². The van der Waals surface area contributed by atoms with Gasteiger partial charge in [-0.3, -0.25) is 4.79 Å². The van der Waals surface area contributed by atoms with E-state index in [2.05, 4.69) is 0 Å². The van der Waals surface area contributed by atoms with E-state index < -0.39 is 17.2 Å². The molecule has 1 aliphatic rings. The van der Waals surface area contributed by atoms with Crippen LogP contribution in [0.5, 0.6) is 0 Å². The van der Waals surface area contributed by atoms with Crippen molar-refractivity contribution in [2.75, 3.05) is 13.2 Å². The lowest BCUT2D eigenvalue weighted by Gasteiger charge is -2.24. The smallest absolute Gasteiger partial charge is 0.320 e. The molecule has 110 valence electrons. The van der Waals surface area contributed by atoms with Crippen LogP contribution >= 0.6 is 16.7 Å². The summed E-state index contributed by atoms with van der Waals surface area (Å²) in [5.74, 6) is 0.0324. The van der Waals surface area contributed by atoms with Crippen molar-refractivity contribution in [1.82, 2.24) is 4.67 Å². The molecule has 1 fully saturated rings. The van der Waals surface area contributed by atoms with Gasteiger partial charge in [0.15, 0.2) is 0 Å². The molecule has 0 aliphatic carbocycles. The van der Waals surface area contributed by atoms with Crippen molar-refractivity contribution < 1.29 is 18.0 Å². The van der Waals surface area contributed by atoms with Crippen molar-refractivity contribution in [1.29, 1.82) is 0 Å². The number of rotatable bonds is 3.